The van der Waals surface area contributed by atoms with Gasteiger partial charge in [0.05, 0.1) is 17.1 Å². The van der Waals surface area contributed by atoms with Crippen molar-refractivity contribution < 1.29 is 0 Å². The maximum Gasteiger partial charge on any atom is 0.0618 e. The highest BCUT2D eigenvalue weighted by Gasteiger charge is 2.38. The molecular weight excluding hydrogens is 665 g/mol. The Kier molecular flexibility index (Phi) is 7.85. The van der Waals surface area contributed by atoms with E-state index in [2.05, 4.69) is 230 Å². The largest absolute Gasteiger partial charge is 0.310 e. The number of fused-ring (bicyclic) bond motifs is 4. The third kappa shape index (κ3) is 5.57. The molecule has 0 saturated heterocycles. The first-order valence-electron chi connectivity index (χ1n) is 19.1. The first-order chi connectivity index (χ1) is 27.0. The Bertz CT molecular complexity index is 2840. The molecule has 262 valence electrons. The fraction of sp³-hybridized carbons (Fsp3) is 0.0566. The number of benzene rings is 9. The Hall–Kier alpha value is -6.90. The van der Waals surface area contributed by atoms with Crippen LogP contribution in [0.2, 0.25) is 0 Å². The average Bonchev–Trinajstić information content (AvgIpc) is 3.24. The van der Waals surface area contributed by atoms with Gasteiger partial charge in [0.2, 0.25) is 0 Å². The van der Waals surface area contributed by atoms with Crippen molar-refractivity contribution in [1.82, 2.24) is 0 Å². The maximum absolute atomic E-state index is 2.54. The van der Waals surface area contributed by atoms with E-state index in [0.29, 0.717) is 0 Å². The first-order valence-corrected chi connectivity index (χ1v) is 19.1. The van der Waals surface area contributed by atoms with Gasteiger partial charge in [-0.15, -0.1) is 0 Å². The van der Waals surface area contributed by atoms with Crippen molar-refractivity contribution in [2.24, 2.45) is 0 Å². The molecule has 0 aliphatic carbocycles. The predicted molar refractivity (Wildman–Crippen MR) is 234 cm³/mol. The summed E-state index contributed by atoms with van der Waals surface area (Å²) in [6.45, 7) is 4.73. The van der Waals surface area contributed by atoms with Crippen molar-refractivity contribution >= 4 is 55.7 Å². The minimum atomic E-state index is -0.196. The van der Waals surface area contributed by atoms with Crippen molar-refractivity contribution in [1.29, 1.82) is 0 Å². The second-order valence-corrected chi connectivity index (χ2v) is 15.0. The molecule has 0 unspecified atom stereocenters. The zero-order valence-electron chi connectivity index (χ0n) is 31.0. The van der Waals surface area contributed by atoms with Gasteiger partial charge in [0.15, 0.2) is 0 Å². The Morgan fingerprint density at radius 1 is 0.382 bits per heavy atom. The minimum absolute atomic E-state index is 0.196. The quantitative estimate of drug-likeness (QED) is 0.170. The van der Waals surface area contributed by atoms with E-state index in [9.17, 15) is 0 Å². The van der Waals surface area contributed by atoms with Gasteiger partial charge in [0.25, 0.3) is 0 Å². The molecule has 0 spiro atoms. The normalized spacial score (nSPS) is 13.0. The maximum atomic E-state index is 2.54. The molecule has 0 radical (unpaired) electrons. The molecule has 2 heteroatoms. The van der Waals surface area contributed by atoms with Crippen molar-refractivity contribution in [3.63, 3.8) is 0 Å². The van der Waals surface area contributed by atoms with Crippen LogP contribution in [0.25, 0.3) is 43.8 Å². The van der Waals surface area contributed by atoms with Gasteiger partial charge in [-0.25, -0.2) is 0 Å². The van der Waals surface area contributed by atoms with Crippen LogP contribution in [0.15, 0.2) is 206 Å². The van der Waals surface area contributed by atoms with Crippen molar-refractivity contribution in [2.75, 3.05) is 9.80 Å². The Balaban J connectivity index is 1.13. The molecule has 0 N–H and O–H groups in total. The summed E-state index contributed by atoms with van der Waals surface area (Å²) in [4.78, 5) is 4.88. The summed E-state index contributed by atoms with van der Waals surface area (Å²) in [5, 5.41) is 4.92. The molecule has 2 nitrogen and oxygen atoms in total. The van der Waals surface area contributed by atoms with Gasteiger partial charge in [-0.3, -0.25) is 0 Å². The van der Waals surface area contributed by atoms with E-state index in [0.717, 1.165) is 17.1 Å². The van der Waals surface area contributed by atoms with Crippen LogP contribution in [0.3, 0.4) is 0 Å². The number of nitrogens with zero attached hydrogens (tertiary/aromatic N) is 2. The van der Waals surface area contributed by atoms with Crippen LogP contribution in [-0.2, 0) is 5.41 Å². The summed E-state index contributed by atoms with van der Waals surface area (Å²) in [6.07, 6.45) is 0. The molecule has 0 saturated carbocycles. The van der Waals surface area contributed by atoms with Crippen LogP contribution in [0, 0.1) is 0 Å². The number of hydrogen-bond donors (Lipinski definition) is 0. The van der Waals surface area contributed by atoms with Crippen LogP contribution in [0.1, 0.15) is 25.0 Å². The van der Waals surface area contributed by atoms with E-state index in [-0.39, 0.29) is 5.41 Å². The van der Waals surface area contributed by atoms with Crippen molar-refractivity contribution in [2.45, 2.75) is 19.3 Å². The van der Waals surface area contributed by atoms with Crippen LogP contribution in [0.4, 0.5) is 34.1 Å². The Morgan fingerprint density at radius 3 is 1.76 bits per heavy atom. The highest BCUT2D eigenvalue weighted by atomic mass is 15.2. The molecule has 0 bridgehead atoms. The second kappa shape index (κ2) is 13.2. The molecule has 0 amide bonds. The third-order valence-corrected chi connectivity index (χ3v) is 11.4. The summed E-state index contributed by atoms with van der Waals surface area (Å²) >= 11 is 0. The van der Waals surface area contributed by atoms with Gasteiger partial charge in [0, 0.05) is 33.4 Å². The van der Waals surface area contributed by atoms with E-state index in [4.69, 9.17) is 0 Å². The van der Waals surface area contributed by atoms with Gasteiger partial charge in [-0.1, -0.05) is 172 Å². The molecule has 1 aliphatic heterocycles. The topological polar surface area (TPSA) is 6.48 Å². The zero-order chi connectivity index (χ0) is 36.9. The summed E-state index contributed by atoms with van der Waals surface area (Å²) in [5.41, 5.74) is 14.2. The van der Waals surface area contributed by atoms with E-state index in [1.807, 2.05) is 0 Å². The molecular formula is C53H40N2. The summed E-state index contributed by atoms with van der Waals surface area (Å²) in [5.74, 6) is 0. The van der Waals surface area contributed by atoms with Gasteiger partial charge in [0.1, 0.15) is 0 Å². The van der Waals surface area contributed by atoms with E-state index in [1.54, 1.807) is 0 Å². The molecule has 9 aromatic carbocycles. The van der Waals surface area contributed by atoms with Crippen LogP contribution in [-0.4, -0.2) is 0 Å². The monoisotopic (exact) mass is 704 g/mol. The van der Waals surface area contributed by atoms with Crippen molar-refractivity contribution in [3.8, 4) is 22.3 Å². The Labute approximate surface area is 323 Å². The fourth-order valence-corrected chi connectivity index (χ4v) is 8.63. The summed E-state index contributed by atoms with van der Waals surface area (Å²) in [6, 6.07) is 75.2. The molecule has 1 aliphatic rings. The lowest BCUT2D eigenvalue weighted by atomic mass is 9.73. The van der Waals surface area contributed by atoms with E-state index >= 15 is 0 Å². The molecule has 55 heavy (non-hydrogen) atoms. The SMILES string of the molecule is CC1(C)c2ccccc2N(c2c(-c3ccccc3)ccc3ccccc23)c2cc(-c3ccc(N(c4ccccc4)c4ccc5ccccc5c4)cc3)ccc21. The van der Waals surface area contributed by atoms with Gasteiger partial charge < -0.3 is 9.80 Å². The first kappa shape index (κ1) is 32.7. The van der Waals surface area contributed by atoms with Crippen LogP contribution < -0.4 is 9.80 Å². The smallest absolute Gasteiger partial charge is 0.0618 e. The number of anilines is 6. The third-order valence-electron chi connectivity index (χ3n) is 11.4. The minimum Gasteiger partial charge on any atom is -0.310 e. The molecule has 0 atom stereocenters. The van der Waals surface area contributed by atoms with Gasteiger partial charge >= 0.3 is 0 Å². The van der Waals surface area contributed by atoms with Crippen LogP contribution in [0.5, 0.6) is 0 Å². The highest BCUT2D eigenvalue weighted by Crippen LogP contribution is 2.55. The van der Waals surface area contributed by atoms with Crippen LogP contribution >= 0.6 is 0 Å². The standard InChI is InChI=1S/C53H40N2/c1-53(2)48-23-13-14-24-50(48)55(52-46-22-12-11-18-40(46)28-33-47(52)39-16-5-3-6-17-39)51-36-42(29-34-49(51)53)38-25-30-44(31-26-38)54(43-20-7-4-8-21-43)45-32-27-37-15-9-10-19-41(37)35-45/h3-36H,1-2H3. The van der Waals surface area contributed by atoms with E-state index < -0.39 is 0 Å². The second-order valence-electron chi connectivity index (χ2n) is 15.0. The van der Waals surface area contributed by atoms with Gasteiger partial charge in [-0.05, 0) is 92.5 Å². The molecule has 9 aromatic rings. The highest BCUT2D eigenvalue weighted by molar-refractivity contribution is 6.07. The lowest BCUT2D eigenvalue weighted by Gasteiger charge is -2.43. The van der Waals surface area contributed by atoms with E-state index in [1.165, 1.54) is 72.0 Å². The lowest BCUT2D eigenvalue weighted by Crippen LogP contribution is -2.31. The molecule has 10 rings (SSSR count). The predicted octanol–water partition coefficient (Wildman–Crippen LogP) is 14.9. The summed E-state index contributed by atoms with van der Waals surface area (Å²) in [7, 11) is 0. The summed E-state index contributed by atoms with van der Waals surface area (Å²) < 4.78 is 0. The Morgan fingerprint density at radius 2 is 0.964 bits per heavy atom. The zero-order valence-corrected chi connectivity index (χ0v) is 31.0. The average molecular weight is 705 g/mol. The number of hydrogen-bond acceptors (Lipinski definition) is 2. The van der Waals surface area contributed by atoms with Gasteiger partial charge in [-0.2, -0.15) is 0 Å². The molecule has 1 heterocycles. The lowest BCUT2D eigenvalue weighted by molar-refractivity contribution is 0.632. The number of rotatable bonds is 6. The van der Waals surface area contributed by atoms with Crippen molar-refractivity contribution in [3.05, 3.63) is 217 Å². The molecule has 0 aromatic heterocycles. The number of para-hydroxylation sites is 2. The fourth-order valence-electron chi connectivity index (χ4n) is 8.63. The molecule has 0 fully saturated rings.